The van der Waals surface area contributed by atoms with Crippen molar-refractivity contribution in [1.29, 1.82) is 0 Å². The largest absolute Gasteiger partial charge is 0.368 e. The normalized spacial score (nSPS) is 15.0. The van der Waals surface area contributed by atoms with Gasteiger partial charge in [0.15, 0.2) is 0 Å². The maximum Gasteiger partial charge on any atom is 0.228 e. The molecule has 0 saturated carbocycles. The Morgan fingerprint density at radius 1 is 1.12 bits per heavy atom. The summed E-state index contributed by atoms with van der Waals surface area (Å²) in [6.45, 7) is 9.62. The molecule has 1 fully saturated rings. The Kier molecular flexibility index (Phi) is 4.60. The summed E-state index contributed by atoms with van der Waals surface area (Å²) >= 11 is 0. The van der Waals surface area contributed by atoms with Gasteiger partial charge in [0, 0.05) is 44.6 Å². The molecule has 0 spiro atoms. The predicted octanol–water partition coefficient (Wildman–Crippen LogP) is 2.24. The molecule has 1 aliphatic heterocycles. The minimum absolute atomic E-state index is 0.193. The lowest BCUT2D eigenvalue weighted by Crippen LogP contribution is -2.49. The molecule has 1 aromatic heterocycles. The van der Waals surface area contributed by atoms with Gasteiger partial charge in [-0.05, 0) is 44.0 Å². The molecule has 2 heterocycles. The number of anilines is 1. The van der Waals surface area contributed by atoms with Crippen LogP contribution in [-0.2, 0) is 18.3 Å². The quantitative estimate of drug-likeness (QED) is 0.868. The van der Waals surface area contributed by atoms with E-state index in [1.165, 1.54) is 16.8 Å². The lowest BCUT2D eigenvalue weighted by Gasteiger charge is -2.37. The Bertz CT molecular complexity index is 742. The van der Waals surface area contributed by atoms with Crippen molar-refractivity contribution in [2.24, 2.45) is 7.05 Å². The molecule has 5 heteroatoms. The fourth-order valence-electron chi connectivity index (χ4n) is 3.37. The number of rotatable bonds is 3. The van der Waals surface area contributed by atoms with Gasteiger partial charge in [-0.3, -0.25) is 9.48 Å². The highest BCUT2D eigenvalue weighted by atomic mass is 16.2. The highest BCUT2D eigenvalue weighted by Gasteiger charge is 2.23. The van der Waals surface area contributed by atoms with E-state index in [2.05, 4.69) is 42.0 Å². The minimum Gasteiger partial charge on any atom is -0.368 e. The smallest absolute Gasteiger partial charge is 0.228 e. The van der Waals surface area contributed by atoms with Gasteiger partial charge >= 0.3 is 0 Å². The number of hydrogen-bond acceptors (Lipinski definition) is 3. The van der Waals surface area contributed by atoms with Crippen LogP contribution in [0.5, 0.6) is 0 Å². The molecule has 0 unspecified atom stereocenters. The highest BCUT2D eigenvalue weighted by Crippen LogP contribution is 2.24. The fraction of sp³-hybridized carbons (Fsp3) is 0.474. The molecular formula is C19H26N4O. The maximum atomic E-state index is 12.6. The molecule has 1 aromatic carbocycles. The van der Waals surface area contributed by atoms with Gasteiger partial charge in [-0.2, -0.15) is 5.10 Å². The zero-order valence-corrected chi connectivity index (χ0v) is 15.0. The summed E-state index contributed by atoms with van der Waals surface area (Å²) in [6.07, 6.45) is 0.431. The average Bonchev–Trinajstić information content (AvgIpc) is 2.87. The number of aromatic nitrogens is 2. The number of piperazine rings is 1. The Morgan fingerprint density at radius 2 is 1.83 bits per heavy atom. The first kappa shape index (κ1) is 16.6. The molecule has 128 valence electrons. The second-order valence-corrected chi connectivity index (χ2v) is 6.66. The molecule has 1 aliphatic rings. The van der Waals surface area contributed by atoms with Crippen molar-refractivity contribution in [2.45, 2.75) is 27.2 Å². The van der Waals surface area contributed by atoms with E-state index in [1.54, 1.807) is 4.68 Å². The third-order valence-electron chi connectivity index (χ3n) is 4.98. The van der Waals surface area contributed by atoms with Gasteiger partial charge in [-0.15, -0.1) is 0 Å². The van der Waals surface area contributed by atoms with Crippen LogP contribution in [0.4, 0.5) is 5.69 Å². The molecule has 1 saturated heterocycles. The zero-order valence-electron chi connectivity index (χ0n) is 15.0. The lowest BCUT2D eigenvalue weighted by atomic mass is 10.1. The van der Waals surface area contributed by atoms with Gasteiger partial charge < -0.3 is 9.80 Å². The van der Waals surface area contributed by atoms with Crippen LogP contribution < -0.4 is 4.90 Å². The van der Waals surface area contributed by atoms with Crippen molar-refractivity contribution in [3.8, 4) is 0 Å². The number of nitrogens with zero attached hydrogens (tertiary/aromatic N) is 4. The third-order valence-corrected chi connectivity index (χ3v) is 4.98. The zero-order chi connectivity index (χ0) is 17.3. The number of carbonyl (C=O) groups is 1. The number of benzene rings is 1. The first-order valence-corrected chi connectivity index (χ1v) is 8.54. The van der Waals surface area contributed by atoms with Crippen LogP contribution in [0.1, 0.15) is 22.5 Å². The van der Waals surface area contributed by atoms with Gasteiger partial charge in [-0.1, -0.05) is 12.1 Å². The van der Waals surface area contributed by atoms with Crippen LogP contribution in [0.3, 0.4) is 0 Å². The monoisotopic (exact) mass is 326 g/mol. The molecular weight excluding hydrogens is 300 g/mol. The summed E-state index contributed by atoms with van der Waals surface area (Å²) in [5, 5.41) is 4.32. The second-order valence-electron chi connectivity index (χ2n) is 6.66. The van der Waals surface area contributed by atoms with Crippen molar-refractivity contribution in [3.05, 3.63) is 46.8 Å². The van der Waals surface area contributed by atoms with Gasteiger partial charge in [0.1, 0.15) is 0 Å². The first-order valence-electron chi connectivity index (χ1n) is 8.54. The molecule has 0 atom stereocenters. The average molecular weight is 326 g/mol. The van der Waals surface area contributed by atoms with Crippen molar-refractivity contribution in [3.63, 3.8) is 0 Å². The van der Waals surface area contributed by atoms with E-state index in [0.29, 0.717) is 6.42 Å². The Morgan fingerprint density at radius 3 is 2.46 bits per heavy atom. The van der Waals surface area contributed by atoms with Crippen LogP contribution in [0.25, 0.3) is 0 Å². The lowest BCUT2D eigenvalue weighted by molar-refractivity contribution is -0.130. The van der Waals surface area contributed by atoms with Gasteiger partial charge in [0.05, 0.1) is 12.1 Å². The van der Waals surface area contributed by atoms with Crippen molar-refractivity contribution in [1.82, 2.24) is 14.7 Å². The van der Waals surface area contributed by atoms with Crippen LogP contribution in [0.15, 0.2) is 24.3 Å². The standard InChI is InChI=1S/C19H26N4O/c1-14-6-5-7-18(16(14)3)22-8-10-23(11-9-22)19(24)13-17-12-15(2)20-21(17)4/h5-7,12H,8-11,13H2,1-4H3. The number of aryl methyl sites for hydroxylation is 3. The van der Waals surface area contributed by atoms with Crippen molar-refractivity contribution < 1.29 is 4.79 Å². The van der Waals surface area contributed by atoms with Crippen molar-refractivity contribution in [2.75, 3.05) is 31.1 Å². The van der Waals surface area contributed by atoms with E-state index >= 15 is 0 Å². The van der Waals surface area contributed by atoms with Crippen LogP contribution >= 0.6 is 0 Å². The summed E-state index contributed by atoms with van der Waals surface area (Å²) < 4.78 is 1.81. The topological polar surface area (TPSA) is 41.4 Å². The van der Waals surface area contributed by atoms with E-state index in [-0.39, 0.29) is 5.91 Å². The number of hydrogen-bond donors (Lipinski definition) is 0. The predicted molar refractivity (Wildman–Crippen MR) is 96.4 cm³/mol. The molecule has 0 bridgehead atoms. The summed E-state index contributed by atoms with van der Waals surface area (Å²) in [4.78, 5) is 16.9. The van der Waals surface area contributed by atoms with Gasteiger partial charge in [0.2, 0.25) is 5.91 Å². The molecule has 0 N–H and O–H groups in total. The van der Waals surface area contributed by atoms with Crippen molar-refractivity contribution >= 4 is 11.6 Å². The summed E-state index contributed by atoms with van der Waals surface area (Å²) in [7, 11) is 1.90. The van der Waals surface area contributed by atoms with Crippen LogP contribution in [-0.4, -0.2) is 46.8 Å². The second kappa shape index (κ2) is 6.67. The van der Waals surface area contributed by atoms with Gasteiger partial charge in [-0.25, -0.2) is 0 Å². The van der Waals surface area contributed by atoms with E-state index in [1.807, 2.05) is 24.9 Å². The number of amides is 1. The van der Waals surface area contributed by atoms with E-state index in [4.69, 9.17) is 0 Å². The SMILES string of the molecule is Cc1cc(CC(=O)N2CCN(c3cccc(C)c3C)CC2)n(C)n1. The van der Waals surface area contributed by atoms with Crippen LogP contribution in [0, 0.1) is 20.8 Å². The Hall–Kier alpha value is -2.30. The molecule has 24 heavy (non-hydrogen) atoms. The first-order chi connectivity index (χ1) is 11.5. The van der Waals surface area contributed by atoms with Crippen LogP contribution in [0.2, 0.25) is 0 Å². The maximum absolute atomic E-state index is 12.6. The molecule has 5 nitrogen and oxygen atoms in total. The van der Waals surface area contributed by atoms with Gasteiger partial charge in [0.25, 0.3) is 0 Å². The molecule has 1 amide bonds. The molecule has 3 rings (SSSR count). The van der Waals surface area contributed by atoms with E-state index in [0.717, 1.165) is 37.6 Å². The summed E-state index contributed by atoms with van der Waals surface area (Å²) in [5.41, 5.74) is 5.89. The molecule has 2 aromatic rings. The summed E-state index contributed by atoms with van der Waals surface area (Å²) in [5.74, 6) is 0.193. The third kappa shape index (κ3) is 3.30. The fourth-order valence-corrected chi connectivity index (χ4v) is 3.37. The Balaban J connectivity index is 1.61. The highest BCUT2D eigenvalue weighted by molar-refractivity contribution is 5.78. The Labute approximate surface area is 143 Å². The molecule has 0 aliphatic carbocycles. The van der Waals surface area contributed by atoms with E-state index < -0.39 is 0 Å². The number of carbonyl (C=O) groups excluding carboxylic acids is 1. The molecule has 0 radical (unpaired) electrons. The summed E-state index contributed by atoms with van der Waals surface area (Å²) in [6, 6.07) is 8.43. The van der Waals surface area contributed by atoms with E-state index in [9.17, 15) is 4.79 Å². The minimum atomic E-state index is 0.193.